The number of fused-ring (bicyclic) bond motifs is 1. The summed E-state index contributed by atoms with van der Waals surface area (Å²) in [4.78, 5) is 12.3. The number of thioether (sulfide) groups is 1. The van der Waals surface area contributed by atoms with E-state index >= 15 is 0 Å². The molecule has 3 heterocycles. The maximum Gasteiger partial charge on any atom is 0.210 e. The van der Waals surface area contributed by atoms with Crippen molar-refractivity contribution in [2.24, 2.45) is 0 Å². The average molecular weight is 367 g/mol. The Labute approximate surface area is 154 Å². The van der Waals surface area contributed by atoms with Crippen LogP contribution in [0.3, 0.4) is 0 Å². The van der Waals surface area contributed by atoms with Gasteiger partial charge < -0.3 is 4.98 Å². The second kappa shape index (κ2) is 6.57. The van der Waals surface area contributed by atoms with Gasteiger partial charge in [0.05, 0.1) is 10.9 Å². The average Bonchev–Trinajstić information content (AvgIpc) is 3.22. The van der Waals surface area contributed by atoms with Crippen LogP contribution >= 0.6 is 11.8 Å². The first-order valence-corrected chi connectivity index (χ1v) is 9.20. The molecule has 26 heavy (non-hydrogen) atoms. The smallest absolute Gasteiger partial charge is 0.210 e. The van der Waals surface area contributed by atoms with Gasteiger partial charge in [-0.25, -0.2) is 18.9 Å². The first-order valence-electron chi connectivity index (χ1n) is 8.32. The van der Waals surface area contributed by atoms with Gasteiger partial charge in [0.25, 0.3) is 0 Å². The van der Waals surface area contributed by atoms with Crippen LogP contribution in [0.1, 0.15) is 29.3 Å². The highest BCUT2D eigenvalue weighted by Crippen LogP contribution is 2.33. The molecule has 0 spiro atoms. The molecule has 7 heteroatoms. The van der Waals surface area contributed by atoms with Gasteiger partial charge in [0.1, 0.15) is 11.6 Å². The fourth-order valence-electron chi connectivity index (χ4n) is 2.91. The zero-order valence-corrected chi connectivity index (χ0v) is 15.5. The Kier molecular flexibility index (Phi) is 4.24. The predicted octanol–water partition coefficient (Wildman–Crippen LogP) is 4.73. The molecule has 3 aromatic heterocycles. The second-order valence-electron chi connectivity index (χ2n) is 6.25. The van der Waals surface area contributed by atoms with E-state index in [1.165, 1.54) is 17.8 Å². The summed E-state index contributed by atoms with van der Waals surface area (Å²) < 4.78 is 15.8. The van der Waals surface area contributed by atoms with E-state index < -0.39 is 0 Å². The lowest BCUT2D eigenvalue weighted by Crippen LogP contribution is -1.95. The monoisotopic (exact) mass is 367 g/mol. The molecule has 1 aromatic carbocycles. The molecule has 4 rings (SSSR count). The third-order valence-corrected chi connectivity index (χ3v) is 5.12. The van der Waals surface area contributed by atoms with Gasteiger partial charge >= 0.3 is 0 Å². The minimum absolute atomic E-state index is 0.00865. The molecule has 0 fully saturated rings. The third-order valence-electron chi connectivity index (χ3n) is 4.15. The Bertz CT molecular complexity index is 1080. The fourth-order valence-corrected chi connectivity index (χ4v) is 3.73. The largest absolute Gasteiger partial charge is 0.347 e. The molecule has 5 nitrogen and oxygen atoms in total. The molecule has 0 saturated carbocycles. The quantitative estimate of drug-likeness (QED) is 0.530. The van der Waals surface area contributed by atoms with E-state index in [1.54, 1.807) is 24.4 Å². The van der Waals surface area contributed by atoms with E-state index in [-0.39, 0.29) is 11.1 Å². The summed E-state index contributed by atoms with van der Waals surface area (Å²) in [7, 11) is 0. The number of hydrogen-bond acceptors (Lipinski definition) is 4. The molecule has 1 atom stereocenters. The first kappa shape index (κ1) is 16.8. The summed E-state index contributed by atoms with van der Waals surface area (Å²) in [5.41, 5.74) is 4.13. The van der Waals surface area contributed by atoms with Crippen LogP contribution < -0.4 is 0 Å². The number of pyridine rings is 1. The number of halogens is 1. The number of hydrogen-bond donors (Lipinski definition) is 1. The Morgan fingerprint density at radius 2 is 1.96 bits per heavy atom. The topological polar surface area (TPSA) is 58.9 Å². The Morgan fingerprint density at radius 1 is 1.15 bits per heavy atom. The van der Waals surface area contributed by atoms with Crippen molar-refractivity contribution < 1.29 is 4.39 Å². The van der Waals surface area contributed by atoms with Crippen molar-refractivity contribution in [3.05, 3.63) is 65.5 Å². The number of aromatic amines is 1. The van der Waals surface area contributed by atoms with Gasteiger partial charge in [-0.15, -0.1) is 5.10 Å². The number of benzene rings is 1. The van der Waals surface area contributed by atoms with Gasteiger partial charge in [0.2, 0.25) is 5.16 Å². The standard InChI is InChI=1S/C19H18FN5S/c1-11-8-12(2)25-17(9-11)23-19(24-25)26-13(3)18-21-10-16(22-18)14-6-4-5-7-15(14)20/h4-10,13H,1-3H3,(H,21,22). The second-order valence-corrected chi connectivity index (χ2v) is 7.56. The van der Waals surface area contributed by atoms with Crippen LogP contribution in [0, 0.1) is 19.7 Å². The molecule has 132 valence electrons. The lowest BCUT2D eigenvalue weighted by molar-refractivity contribution is 0.631. The molecule has 0 radical (unpaired) electrons. The van der Waals surface area contributed by atoms with Crippen molar-refractivity contribution in [2.75, 3.05) is 0 Å². The molecular weight excluding hydrogens is 349 g/mol. The molecule has 4 aromatic rings. The third kappa shape index (κ3) is 3.10. The van der Waals surface area contributed by atoms with Gasteiger partial charge in [-0.05, 0) is 50.6 Å². The maximum atomic E-state index is 13.9. The van der Waals surface area contributed by atoms with Crippen molar-refractivity contribution in [1.82, 2.24) is 24.6 Å². The highest BCUT2D eigenvalue weighted by Gasteiger charge is 2.17. The van der Waals surface area contributed by atoms with Crippen molar-refractivity contribution in [1.29, 1.82) is 0 Å². The molecule has 0 aliphatic rings. The lowest BCUT2D eigenvalue weighted by atomic mass is 10.1. The van der Waals surface area contributed by atoms with Crippen molar-refractivity contribution >= 4 is 17.4 Å². The molecule has 0 aliphatic carbocycles. The summed E-state index contributed by atoms with van der Waals surface area (Å²) in [5.74, 6) is 0.485. The minimum Gasteiger partial charge on any atom is -0.347 e. The number of rotatable bonds is 4. The summed E-state index contributed by atoms with van der Waals surface area (Å²) in [6.07, 6.45) is 1.73. The van der Waals surface area contributed by atoms with E-state index in [9.17, 15) is 4.39 Å². The summed E-state index contributed by atoms with van der Waals surface area (Å²) in [6, 6.07) is 10.7. The molecule has 1 N–H and O–H groups in total. The van der Waals surface area contributed by atoms with E-state index in [0.717, 1.165) is 22.7 Å². The van der Waals surface area contributed by atoms with Gasteiger partial charge in [-0.2, -0.15) is 0 Å². The minimum atomic E-state index is -0.279. The lowest BCUT2D eigenvalue weighted by Gasteiger charge is -2.04. The number of nitrogens with zero attached hydrogens (tertiary/aromatic N) is 4. The zero-order valence-electron chi connectivity index (χ0n) is 14.7. The fraction of sp³-hybridized carbons (Fsp3) is 0.211. The van der Waals surface area contributed by atoms with Crippen LogP contribution in [-0.2, 0) is 0 Å². The van der Waals surface area contributed by atoms with Crippen molar-refractivity contribution in [3.8, 4) is 11.3 Å². The normalized spacial score (nSPS) is 12.6. The number of imidazole rings is 1. The summed E-state index contributed by atoms with van der Waals surface area (Å²) in [6.45, 7) is 6.09. The predicted molar refractivity (Wildman–Crippen MR) is 101 cm³/mol. The zero-order chi connectivity index (χ0) is 18.3. The van der Waals surface area contributed by atoms with Crippen LogP contribution in [0.4, 0.5) is 4.39 Å². The molecule has 0 amide bonds. The molecule has 0 saturated heterocycles. The summed E-state index contributed by atoms with van der Waals surface area (Å²) >= 11 is 1.52. The number of nitrogens with one attached hydrogen (secondary N) is 1. The maximum absolute atomic E-state index is 13.9. The van der Waals surface area contributed by atoms with E-state index in [2.05, 4.69) is 26.1 Å². The van der Waals surface area contributed by atoms with Gasteiger partial charge in [-0.1, -0.05) is 23.9 Å². The van der Waals surface area contributed by atoms with Crippen molar-refractivity contribution in [2.45, 2.75) is 31.2 Å². The van der Waals surface area contributed by atoms with Gasteiger partial charge in [0.15, 0.2) is 5.65 Å². The van der Waals surface area contributed by atoms with Gasteiger partial charge in [-0.3, -0.25) is 0 Å². The van der Waals surface area contributed by atoms with Crippen LogP contribution in [0.25, 0.3) is 16.9 Å². The van der Waals surface area contributed by atoms with Crippen LogP contribution in [0.5, 0.6) is 0 Å². The number of aromatic nitrogens is 5. The molecule has 1 unspecified atom stereocenters. The molecular formula is C19H18FN5S. The SMILES string of the molecule is Cc1cc(C)n2nc(SC(C)c3nc(-c4ccccc4F)c[nH]3)nc2c1. The molecule has 0 aliphatic heterocycles. The Morgan fingerprint density at radius 3 is 2.77 bits per heavy atom. The van der Waals surface area contributed by atoms with Crippen LogP contribution in [0.15, 0.2) is 47.8 Å². The number of aryl methyl sites for hydroxylation is 2. The molecule has 0 bridgehead atoms. The van der Waals surface area contributed by atoms with Crippen molar-refractivity contribution in [3.63, 3.8) is 0 Å². The van der Waals surface area contributed by atoms with E-state index in [4.69, 9.17) is 0 Å². The van der Waals surface area contributed by atoms with E-state index in [1.807, 2.05) is 31.4 Å². The Balaban J connectivity index is 1.58. The van der Waals surface area contributed by atoms with Crippen LogP contribution in [0.2, 0.25) is 0 Å². The van der Waals surface area contributed by atoms with E-state index in [0.29, 0.717) is 16.4 Å². The summed E-state index contributed by atoms with van der Waals surface area (Å²) in [5, 5.41) is 5.26. The van der Waals surface area contributed by atoms with Gasteiger partial charge in [0, 0.05) is 17.5 Å². The number of H-pyrrole nitrogens is 1. The Hall–Kier alpha value is -2.67. The van der Waals surface area contributed by atoms with Crippen LogP contribution in [-0.4, -0.2) is 24.6 Å². The highest BCUT2D eigenvalue weighted by molar-refractivity contribution is 7.99. The highest BCUT2D eigenvalue weighted by atomic mass is 32.2. The first-order chi connectivity index (χ1) is 12.5.